The van der Waals surface area contributed by atoms with Crippen molar-refractivity contribution in [2.75, 3.05) is 36.5 Å². The minimum absolute atomic E-state index is 0.00920. The van der Waals surface area contributed by atoms with Gasteiger partial charge in [0, 0.05) is 13.1 Å². The summed E-state index contributed by atoms with van der Waals surface area (Å²) in [5.74, 6) is 0.563. The fourth-order valence-electron chi connectivity index (χ4n) is 1.64. The van der Waals surface area contributed by atoms with Crippen molar-refractivity contribution in [1.29, 1.82) is 0 Å². The molecule has 1 aromatic rings. The Labute approximate surface area is 126 Å². The first kappa shape index (κ1) is 17.7. The minimum atomic E-state index is -3.50. The molecule has 1 aromatic carbocycles. The quantitative estimate of drug-likeness (QED) is 0.742. The molecule has 0 heterocycles. The summed E-state index contributed by atoms with van der Waals surface area (Å²) in [6.07, 6.45) is 1.07. The zero-order valence-corrected chi connectivity index (χ0v) is 13.9. The molecule has 0 fully saturated rings. The van der Waals surface area contributed by atoms with Gasteiger partial charge in [0.25, 0.3) is 0 Å². The predicted octanol–water partition coefficient (Wildman–Crippen LogP) is 0.400. The molecule has 9 heteroatoms. The number of hydrogen-bond donors (Lipinski definition) is 1. The van der Waals surface area contributed by atoms with Crippen LogP contribution in [-0.4, -0.2) is 49.0 Å². The second-order valence-electron chi connectivity index (χ2n) is 4.33. The Balaban J connectivity index is 2.87. The molecule has 7 nitrogen and oxygen atoms in total. The maximum absolute atomic E-state index is 11.8. The van der Waals surface area contributed by atoms with Crippen molar-refractivity contribution in [3.05, 3.63) is 24.3 Å². The first-order chi connectivity index (χ1) is 9.69. The Hall–Kier alpha value is -1.32. The van der Waals surface area contributed by atoms with E-state index in [1.165, 1.54) is 14.0 Å². The van der Waals surface area contributed by atoms with Gasteiger partial charge in [-0.2, -0.15) is 0 Å². The van der Waals surface area contributed by atoms with Crippen LogP contribution in [0.1, 0.15) is 6.92 Å². The van der Waals surface area contributed by atoms with Crippen LogP contribution in [-0.2, 0) is 20.0 Å². The minimum Gasteiger partial charge on any atom is -0.497 e. The molecule has 0 saturated carbocycles. The number of methoxy groups -OCH3 is 1. The second kappa shape index (κ2) is 7.10. The van der Waals surface area contributed by atoms with Crippen molar-refractivity contribution in [2.45, 2.75) is 6.92 Å². The molecule has 0 bridgehead atoms. The van der Waals surface area contributed by atoms with Crippen LogP contribution in [0.15, 0.2) is 24.3 Å². The molecule has 0 atom stereocenters. The number of ether oxygens (including phenoxy) is 1. The number of sulfonamides is 2. The Bertz CT molecular complexity index is 653. The summed E-state index contributed by atoms with van der Waals surface area (Å²) in [5.41, 5.74) is 0.453. The van der Waals surface area contributed by atoms with Crippen LogP contribution in [0, 0.1) is 0 Å². The molecule has 0 aliphatic rings. The summed E-state index contributed by atoms with van der Waals surface area (Å²) in [4.78, 5) is 0. The molecule has 1 N–H and O–H groups in total. The largest absolute Gasteiger partial charge is 0.497 e. The predicted molar refractivity (Wildman–Crippen MR) is 82.6 cm³/mol. The molecule has 0 radical (unpaired) electrons. The van der Waals surface area contributed by atoms with Crippen molar-refractivity contribution in [2.24, 2.45) is 0 Å². The van der Waals surface area contributed by atoms with Crippen molar-refractivity contribution in [3.63, 3.8) is 0 Å². The average Bonchev–Trinajstić information content (AvgIpc) is 2.42. The van der Waals surface area contributed by atoms with Crippen LogP contribution < -0.4 is 13.8 Å². The van der Waals surface area contributed by atoms with Crippen molar-refractivity contribution in [3.8, 4) is 5.75 Å². The van der Waals surface area contributed by atoms with E-state index >= 15 is 0 Å². The lowest BCUT2D eigenvalue weighted by molar-refractivity contribution is 0.415. The summed E-state index contributed by atoms with van der Waals surface area (Å²) >= 11 is 0. The van der Waals surface area contributed by atoms with E-state index < -0.39 is 20.0 Å². The third-order valence-electron chi connectivity index (χ3n) is 2.78. The van der Waals surface area contributed by atoms with Crippen LogP contribution >= 0.6 is 0 Å². The maximum Gasteiger partial charge on any atom is 0.232 e. The number of nitrogens with zero attached hydrogens (tertiary/aromatic N) is 1. The molecular formula is C12H20N2O5S2. The van der Waals surface area contributed by atoms with Crippen LogP contribution in [0.4, 0.5) is 5.69 Å². The van der Waals surface area contributed by atoms with Gasteiger partial charge in [0.15, 0.2) is 0 Å². The highest BCUT2D eigenvalue weighted by molar-refractivity contribution is 7.92. The lowest BCUT2D eigenvalue weighted by Gasteiger charge is -2.22. The fraction of sp³-hybridized carbons (Fsp3) is 0.500. The number of hydrogen-bond acceptors (Lipinski definition) is 5. The van der Waals surface area contributed by atoms with Gasteiger partial charge in [0.1, 0.15) is 5.75 Å². The van der Waals surface area contributed by atoms with Crippen molar-refractivity contribution >= 4 is 25.7 Å². The van der Waals surface area contributed by atoms with Crippen LogP contribution in [0.2, 0.25) is 0 Å². The van der Waals surface area contributed by atoms with E-state index in [2.05, 4.69) is 4.72 Å². The average molecular weight is 336 g/mol. The zero-order valence-electron chi connectivity index (χ0n) is 12.2. The number of anilines is 1. The van der Waals surface area contributed by atoms with Gasteiger partial charge in [-0.25, -0.2) is 21.6 Å². The van der Waals surface area contributed by atoms with Gasteiger partial charge in [-0.3, -0.25) is 4.31 Å². The molecule has 0 spiro atoms. The van der Waals surface area contributed by atoms with Crippen molar-refractivity contribution in [1.82, 2.24) is 4.72 Å². The fourth-order valence-corrected chi connectivity index (χ4v) is 3.17. The first-order valence-corrected chi connectivity index (χ1v) is 9.79. The second-order valence-corrected chi connectivity index (χ2v) is 8.33. The van der Waals surface area contributed by atoms with Gasteiger partial charge in [-0.1, -0.05) is 0 Å². The van der Waals surface area contributed by atoms with Gasteiger partial charge < -0.3 is 4.74 Å². The highest BCUT2D eigenvalue weighted by Crippen LogP contribution is 2.20. The van der Waals surface area contributed by atoms with Crippen LogP contribution in [0.25, 0.3) is 0 Å². The molecule has 120 valence electrons. The summed E-state index contributed by atoms with van der Waals surface area (Å²) < 4.78 is 54.9. The monoisotopic (exact) mass is 336 g/mol. The number of nitrogens with one attached hydrogen (secondary N) is 1. The van der Waals surface area contributed by atoms with E-state index in [9.17, 15) is 16.8 Å². The molecule has 0 saturated heterocycles. The molecule has 0 unspecified atom stereocenters. The third-order valence-corrected chi connectivity index (χ3v) is 5.38. The molecule has 1 rings (SSSR count). The summed E-state index contributed by atoms with van der Waals surface area (Å²) in [5, 5.41) is 0. The van der Waals surface area contributed by atoms with Crippen molar-refractivity contribution < 1.29 is 21.6 Å². The summed E-state index contributed by atoms with van der Waals surface area (Å²) in [6, 6.07) is 6.50. The van der Waals surface area contributed by atoms with Gasteiger partial charge in [0.05, 0.1) is 24.8 Å². The standard InChI is InChI=1S/C12H20N2O5S2/c1-4-21(17,18)13-9-10-14(20(3,15)16)11-5-7-12(19-2)8-6-11/h5-8,13H,4,9-10H2,1-3H3. The molecule has 21 heavy (non-hydrogen) atoms. The maximum atomic E-state index is 11.8. The highest BCUT2D eigenvalue weighted by atomic mass is 32.2. The summed E-state index contributed by atoms with van der Waals surface area (Å²) in [7, 11) is -5.33. The van der Waals surface area contributed by atoms with E-state index in [-0.39, 0.29) is 18.8 Å². The normalized spacial score (nSPS) is 12.1. The van der Waals surface area contributed by atoms with E-state index in [4.69, 9.17) is 4.74 Å². The Morgan fingerprint density at radius 1 is 1.14 bits per heavy atom. The Morgan fingerprint density at radius 2 is 1.71 bits per heavy atom. The van der Waals surface area contributed by atoms with Crippen LogP contribution in [0.3, 0.4) is 0 Å². The van der Waals surface area contributed by atoms with E-state index in [1.54, 1.807) is 24.3 Å². The topological polar surface area (TPSA) is 92.8 Å². The van der Waals surface area contributed by atoms with E-state index in [0.717, 1.165) is 10.6 Å². The molecule has 0 amide bonds. The Morgan fingerprint density at radius 3 is 2.14 bits per heavy atom. The number of rotatable bonds is 8. The van der Waals surface area contributed by atoms with Gasteiger partial charge in [-0.15, -0.1) is 0 Å². The van der Waals surface area contributed by atoms with Gasteiger partial charge in [0.2, 0.25) is 20.0 Å². The molecule has 0 aliphatic carbocycles. The van der Waals surface area contributed by atoms with Gasteiger partial charge >= 0.3 is 0 Å². The van der Waals surface area contributed by atoms with Crippen LogP contribution in [0.5, 0.6) is 5.75 Å². The third kappa shape index (κ3) is 5.52. The highest BCUT2D eigenvalue weighted by Gasteiger charge is 2.18. The van der Waals surface area contributed by atoms with E-state index in [0.29, 0.717) is 11.4 Å². The first-order valence-electron chi connectivity index (χ1n) is 6.28. The molecular weight excluding hydrogens is 316 g/mol. The summed E-state index contributed by atoms with van der Waals surface area (Å²) in [6.45, 7) is 1.54. The lowest BCUT2D eigenvalue weighted by Crippen LogP contribution is -2.38. The zero-order chi connectivity index (χ0) is 16.1. The lowest BCUT2D eigenvalue weighted by atomic mass is 10.3. The molecule has 0 aliphatic heterocycles. The Kier molecular flexibility index (Phi) is 5.99. The van der Waals surface area contributed by atoms with Gasteiger partial charge in [-0.05, 0) is 31.2 Å². The molecule has 0 aromatic heterocycles. The van der Waals surface area contributed by atoms with E-state index in [1.807, 2.05) is 0 Å². The smallest absolute Gasteiger partial charge is 0.232 e. The SMILES string of the molecule is CCS(=O)(=O)NCCN(c1ccc(OC)cc1)S(C)(=O)=O. The number of benzene rings is 1.